The van der Waals surface area contributed by atoms with Gasteiger partial charge in [0.25, 0.3) is 0 Å². The van der Waals surface area contributed by atoms with Crippen LogP contribution in [-0.2, 0) is 4.79 Å². The first-order valence-electron chi connectivity index (χ1n) is 6.04. The molecule has 1 rings (SSSR count). The van der Waals surface area contributed by atoms with Gasteiger partial charge in [0.15, 0.2) is 0 Å². The van der Waals surface area contributed by atoms with E-state index in [1.165, 1.54) is 6.42 Å². The van der Waals surface area contributed by atoms with E-state index < -0.39 is 0 Å². The van der Waals surface area contributed by atoms with E-state index in [2.05, 4.69) is 5.32 Å². The van der Waals surface area contributed by atoms with Crippen LogP contribution in [0.4, 0.5) is 0 Å². The molecule has 1 saturated heterocycles. The van der Waals surface area contributed by atoms with Gasteiger partial charge in [0, 0.05) is 38.5 Å². The predicted molar refractivity (Wildman–Crippen MR) is 67.8 cm³/mol. The molecule has 0 atom stereocenters. The molecule has 0 aromatic carbocycles. The lowest BCUT2D eigenvalue weighted by Gasteiger charge is -2.26. The Bertz CT molecular complexity index is 225. The van der Waals surface area contributed by atoms with Crippen molar-refractivity contribution in [1.82, 2.24) is 10.2 Å². The van der Waals surface area contributed by atoms with E-state index in [4.69, 9.17) is 11.6 Å². The number of hydrogen-bond donors (Lipinski definition) is 1. The first-order chi connectivity index (χ1) is 7.84. The number of nitrogens with one attached hydrogen (secondary N) is 1. The van der Waals surface area contributed by atoms with Crippen molar-refractivity contribution in [2.24, 2.45) is 0 Å². The molecule has 1 aliphatic rings. The molecule has 92 valence electrons. The van der Waals surface area contributed by atoms with E-state index in [1.807, 2.05) is 17.1 Å². The van der Waals surface area contributed by atoms with Crippen LogP contribution >= 0.6 is 11.6 Å². The number of allylic oxidation sites excluding steroid dienone is 1. The molecule has 4 heteroatoms. The minimum Gasteiger partial charge on any atom is -0.343 e. The standard InChI is InChI=1S/C12H21ClN2O/c13-7-2-3-8-14-9-6-12(16)15-10-4-1-5-11-15/h2-3,14H,1,4-11H2/b3-2+. The molecule has 3 nitrogen and oxygen atoms in total. The summed E-state index contributed by atoms with van der Waals surface area (Å²) in [5.41, 5.74) is 0. The van der Waals surface area contributed by atoms with E-state index in [9.17, 15) is 4.79 Å². The molecule has 1 N–H and O–H groups in total. The zero-order chi connectivity index (χ0) is 11.6. The van der Waals surface area contributed by atoms with Crippen molar-refractivity contribution >= 4 is 17.5 Å². The number of rotatable bonds is 6. The normalized spacial score (nSPS) is 16.9. The Morgan fingerprint density at radius 2 is 2.00 bits per heavy atom. The van der Waals surface area contributed by atoms with Gasteiger partial charge in [-0.3, -0.25) is 4.79 Å². The molecule has 0 unspecified atom stereocenters. The van der Waals surface area contributed by atoms with Crippen LogP contribution < -0.4 is 5.32 Å². The fourth-order valence-electron chi connectivity index (χ4n) is 1.83. The van der Waals surface area contributed by atoms with Crippen LogP contribution in [0.25, 0.3) is 0 Å². The fraction of sp³-hybridized carbons (Fsp3) is 0.750. The van der Waals surface area contributed by atoms with Crippen molar-refractivity contribution in [3.8, 4) is 0 Å². The van der Waals surface area contributed by atoms with Crippen molar-refractivity contribution in [3.05, 3.63) is 12.2 Å². The molecule has 0 aromatic heterocycles. The fourth-order valence-corrected chi connectivity index (χ4v) is 1.95. The van der Waals surface area contributed by atoms with Gasteiger partial charge < -0.3 is 10.2 Å². The molecule has 1 heterocycles. The van der Waals surface area contributed by atoms with Gasteiger partial charge in [-0.1, -0.05) is 12.2 Å². The van der Waals surface area contributed by atoms with Gasteiger partial charge in [-0.05, 0) is 19.3 Å². The Morgan fingerprint density at radius 3 is 2.69 bits per heavy atom. The average Bonchev–Trinajstić information content (AvgIpc) is 2.34. The number of hydrogen-bond acceptors (Lipinski definition) is 2. The van der Waals surface area contributed by atoms with Crippen LogP contribution in [0.1, 0.15) is 25.7 Å². The van der Waals surface area contributed by atoms with Crippen molar-refractivity contribution in [1.29, 1.82) is 0 Å². The maximum Gasteiger partial charge on any atom is 0.223 e. The molecule has 1 fully saturated rings. The average molecular weight is 245 g/mol. The Kier molecular flexibility index (Phi) is 7.26. The van der Waals surface area contributed by atoms with Gasteiger partial charge in [0.1, 0.15) is 0 Å². The first-order valence-corrected chi connectivity index (χ1v) is 6.57. The number of carbonyl (C=O) groups is 1. The molecule has 1 amide bonds. The summed E-state index contributed by atoms with van der Waals surface area (Å²) >= 11 is 5.49. The van der Waals surface area contributed by atoms with Gasteiger partial charge in [0.2, 0.25) is 5.91 Å². The van der Waals surface area contributed by atoms with Crippen LogP contribution in [0.15, 0.2) is 12.2 Å². The van der Waals surface area contributed by atoms with Gasteiger partial charge in [-0.2, -0.15) is 0 Å². The molecular formula is C12H21ClN2O. The molecular weight excluding hydrogens is 224 g/mol. The third-order valence-corrected chi connectivity index (χ3v) is 2.92. The number of amides is 1. The maximum atomic E-state index is 11.7. The van der Waals surface area contributed by atoms with Crippen LogP contribution in [0.5, 0.6) is 0 Å². The third kappa shape index (κ3) is 5.52. The molecule has 1 aliphatic heterocycles. The predicted octanol–water partition coefficient (Wildman–Crippen LogP) is 1.77. The summed E-state index contributed by atoms with van der Waals surface area (Å²) in [4.78, 5) is 13.7. The highest BCUT2D eigenvalue weighted by Crippen LogP contribution is 2.09. The molecule has 0 spiro atoms. The number of alkyl halides is 1. The summed E-state index contributed by atoms with van der Waals surface area (Å²) in [6, 6.07) is 0. The lowest BCUT2D eigenvalue weighted by molar-refractivity contribution is -0.131. The molecule has 0 saturated carbocycles. The Hall–Kier alpha value is -0.540. The highest BCUT2D eigenvalue weighted by Gasteiger charge is 2.15. The zero-order valence-corrected chi connectivity index (χ0v) is 10.5. The Morgan fingerprint density at radius 1 is 1.25 bits per heavy atom. The SMILES string of the molecule is O=C(CCNC/C=C/CCl)N1CCCCC1. The summed E-state index contributed by atoms with van der Waals surface area (Å²) in [7, 11) is 0. The summed E-state index contributed by atoms with van der Waals surface area (Å²) in [5.74, 6) is 0.836. The van der Waals surface area contributed by atoms with Crippen molar-refractivity contribution < 1.29 is 4.79 Å². The number of carbonyl (C=O) groups excluding carboxylic acids is 1. The second-order valence-corrected chi connectivity index (χ2v) is 4.33. The number of halogens is 1. The Balaban J connectivity index is 2.03. The number of piperidine rings is 1. The summed E-state index contributed by atoms with van der Waals surface area (Å²) < 4.78 is 0. The van der Waals surface area contributed by atoms with Gasteiger partial charge >= 0.3 is 0 Å². The van der Waals surface area contributed by atoms with E-state index in [-0.39, 0.29) is 5.91 Å². The molecule has 0 bridgehead atoms. The third-order valence-electron chi connectivity index (χ3n) is 2.74. The van der Waals surface area contributed by atoms with E-state index in [1.54, 1.807) is 0 Å². The van der Waals surface area contributed by atoms with E-state index in [0.717, 1.165) is 39.0 Å². The largest absolute Gasteiger partial charge is 0.343 e. The topological polar surface area (TPSA) is 32.3 Å². The van der Waals surface area contributed by atoms with Crippen LogP contribution in [-0.4, -0.2) is 42.9 Å². The summed E-state index contributed by atoms with van der Waals surface area (Å²) in [5, 5.41) is 3.20. The first kappa shape index (κ1) is 13.5. The second-order valence-electron chi connectivity index (χ2n) is 4.02. The van der Waals surface area contributed by atoms with Crippen LogP contribution in [0, 0.1) is 0 Å². The highest BCUT2D eigenvalue weighted by molar-refractivity contribution is 6.18. The van der Waals surface area contributed by atoms with Gasteiger partial charge in [-0.25, -0.2) is 0 Å². The lowest BCUT2D eigenvalue weighted by atomic mass is 10.1. The molecule has 0 aliphatic carbocycles. The summed E-state index contributed by atoms with van der Waals surface area (Å²) in [6.07, 6.45) is 8.09. The second kappa shape index (κ2) is 8.59. The van der Waals surface area contributed by atoms with E-state index in [0.29, 0.717) is 12.3 Å². The van der Waals surface area contributed by atoms with Gasteiger partial charge in [-0.15, -0.1) is 11.6 Å². The Labute approximate surface area is 103 Å². The number of likely N-dealkylation sites (tertiary alicyclic amines) is 1. The zero-order valence-electron chi connectivity index (χ0n) is 9.75. The highest BCUT2D eigenvalue weighted by atomic mass is 35.5. The van der Waals surface area contributed by atoms with E-state index >= 15 is 0 Å². The minimum atomic E-state index is 0.286. The molecule has 16 heavy (non-hydrogen) atoms. The van der Waals surface area contributed by atoms with Gasteiger partial charge in [0.05, 0.1) is 0 Å². The lowest BCUT2D eigenvalue weighted by Crippen LogP contribution is -2.37. The summed E-state index contributed by atoms with van der Waals surface area (Å²) in [6.45, 7) is 3.44. The monoisotopic (exact) mass is 244 g/mol. The maximum absolute atomic E-state index is 11.7. The van der Waals surface area contributed by atoms with Crippen LogP contribution in [0.3, 0.4) is 0 Å². The smallest absolute Gasteiger partial charge is 0.223 e. The van der Waals surface area contributed by atoms with Crippen molar-refractivity contribution in [3.63, 3.8) is 0 Å². The quantitative estimate of drug-likeness (QED) is 0.439. The van der Waals surface area contributed by atoms with Crippen molar-refractivity contribution in [2.45, 2.75) is 25.7 Å². The minimum absolute atomic E-state index is 0.286. The molecule has 0 aromatic rings. The van der Waals surface area contributed by atoms with Crippen molar-refractivity contribution in [2.75, 3.05) is 32.1 Å². The molecule has 0 radical (unpaired) electrons. The van der Waals surface area contributed by atoms with Crippen LogP contribution in [0.2, 0.25) is 0 Å². The number of nitrogens with zero attached hydrogens (tertiary/aromatic N) is 1.